The van der Waals surface area contributed by atoms with Gasteiger partial charge >= 0.3 is 0 Å². The molecule has 0 heterocycles. The maximum Gasteiger partial charge on any atom is 0.0414 e. The third kappa shape index (κ3) is 1.12. The van der Waals surface area contributed by atoms with Crippen LogP contribution >= 0.6 is 0 Å². The predicted octanol–water partition coefficient (Wildman–Crippen LogP) is 2.69. The van der Waals surface area contributed by atoms with Crippen molar-refractivity contribution in [1.82, 2.24) is 0 Å². The summed E-state index contributed by atoms with van der Waals surface area (Å²) in [5, 5.41) is 0. The van der Waals surface area contributed by atoms with E-state index in [1.54, 1.807) is 0 Å². The molecule has 0 unspecified atom stereocenters. The largest absolute Gasteiger partial charge is 0.321 e. The number of hydrogen-bond acceptors (Lipinski definition) is 1. The summed E-state index contributed by atoms with van der Waals surface area (Å²) < 4.78 is 0. The van der Waals surface area contributed by atoms with Gasteiger partial charge in [-0.05, 0) is 42.2 Å². The first kappa shape index (κ1) is 8.49. The molecule has 0 atom stereocenters. The van der Waals surface area contributed by atoms with E-state index in [1.807, 2.05) is 0 Å². The van der Waals surface area contributed by atoms with E-state index in [-0.39, 0.29) is 5.54 Å². The quantitative estimate of drug-likeness (QED) is 0.757. The number of nitrogens with two attached hydrogens (primary N) is 1. The van der Waals surface area contributed by atoms with Gasteiger partial charge in [0.2, 0.25) is 0 Å². The van der Waals surface area contributed by atoms with Gasteiger partial charge in [0.05, 0.1) is 0 Å². The first-order chi connectivity index (χ1) is 6.64. The third-order valence-corrected chi connectivity index (χ3v) is 3.90. The van der Waals surface area contributed by atoms with Crippen LogP contribution in [0.3, 0.4) is 0 Å². The van der Waals surface area contributed by atoms with E-state index in [2.05, 4.69) is 31.2 Å². The van der Waals surface area contributed by atoms with Gasteiger partial charge in [-0.3, -0.25) is 0 Å². The Labute approximate surface area is 85.3 Å². The van der Waals surface area contributed by atoms with E-state index in [4.69, 9.17) is 5.73 Å². The zero-order valence-electron chi connectivity index (χ0n) is 8.72. The molecule has 0 radical (unpaired) electrons. The Bertz CT molecular complexity index is 336. The molecular formula is C13H17N. The molecule has 0 amide bonds. The second-order valence-electron chi connectivity index (χ2n) is 5.26. The lowest BCUT2D eigenvalue weighted by Crippen LogP contribution is -2.22. The molecular weight excluding hydrogens is 170 g/mol. The normalized spacial score (nSPS) is 25.9. The van der Waals surface area contributed by atoms with E-state index < -0.39 is 0 Å². The molecule has 0 bridgehead atoms. The lowest BCUT2D eigenvalue weighted by Gasteiger charge is -2.19. The predicted molar refractivity (Wildman–Crippen MR) is 58.1 cm³/mol. The van der Waals surface area contributed by atoms with Gasteiger partial charge in [0, 0.05) is 5.54 Å². The zero-order valence-corrected chi connectivity index (χ0v) is 8.72. The minimum absolute atomic E-state index is 0.0300. The van der Waals surface area contributed by atoms with Crippen molar-refractivity contribution >= 4 is 0 Å². The molecule has 2 fully saturated rings. The standard InChI is InChI=1S/C13H17N/c1-12(6-7-12)10-4-2-3-5-11(10)13(14)8-9-13/h2-5H,6-9,14H2,1H3. The van der Waals surface area contributed by atoms with Gasteiger partial charge in [-0.2, -0.15) is 0 Å². The lowest BCUT2D eigenvalue weighted by molar-refractivity contribution is 0.687. The van der Waals surface area contributed by atoms with Gasteiger partial charge in [-0.25, -0.2) is 0 Å². The fourth-order valence-electron chi connectivity index (χ4n) is 2.30. The second-order valence-corrected chi connectivity index (χ2v) is 5.26. The molecule has 1 nitrogen and oxygen atoms in total. The van der Waals surface area contributed by atoms with Crippen molar-refractivity contribution in [2.24, 2.45) is 5.73 Å². The van der Waals surface area contributed by atoms with Crippen LogP contribution in [0.4, 0.5) is 0 Å². The third-order valence-electron chi connectivity index (χ3n) is 3.90. The van der Waals surface area contributed by atoms with Gasteiger partial charge in [0.25, 0.3) is 0 Å². The summed E-state index contributed by atoms with van der Waals surface area (Å²) in [6, 6.07) is 8.77. The van der Waals surface area contributed by atoms with Crippen molar-refractivity contribution in [3.63, 3.8) is 0 Å². The van der Waals surface area contributed by atoms with E-state index in [1.165, 1.54) is 36.8 Å². The maximum absolute atomic E-state index is 6.29. The van der Waals surface area contributed by atoms with E-state index in [0.29, 0.717) is 5.41 Å². The molecule has 2 N–H and O–H groups in total. The number of rotatable bonds is 2. The molecule has 2 aliphatic carbocycles. The molecule has 74 valence electrons. The average Bonchev–Trinajstić information content (AvgIpc) is 3.08. The molecule has 1 heteroatoms. The Morgan fingerprint density at radius 1 is 1.00 bits per heavy atom. The number of benzene rings is 1. The van der Waals surface area contributed by atoms with Crippen LogP contribution < -0.4 is 5.73 Å². The van der Waals surface area contributed by atoms with Crippen molar-refractivity contribution in [1.29, 1.82) is 0 Å². The monoisotopic (exact) mass is 187 g/mol. The van der Waals surface area contributed by atoms with Gasteiger partial charge in [0.1, 0.15) is 0 Å². The van der Waals surface area contributed by atoms with Crippen molar-refractivity contribution in [2.45, 2.75) is 43.6 Å². The molecule has 0 saturated heterocycles. The Balaban J connectivity index is 2.10. The van der Waals surface area contributed by atoms with Crippen LogP contribution in [-0.2, 0) is 11.0 Å². The summed E-state index contributed by atoms with van der Waals surface area (Å²) in [6.45, 7) is 2.36. The summed E-state index contributed by atoms with van der Waals surface area (Å²) in [5.41, 5.74) is 9.70. The zero-order chi connectivity index (χ0) is 9.81. The van der Waals surface area contributed by atoms with Crippen LogP contribution in [0.5, 0.6) is 0 Å². The first-order valence-electron chi connectivity index (χ1n) is 5.53. The highest BCUT2D eigenvalue weighted by Gasteiger charge is 2.47. The summed E-state index contributed by atoms with van der Waals surface area (Å²) in [4.78, 5) is 0. The average molecular weight is 187 g/mol. The van der Waals surface area contributed by atoms with Gasteiger partial charge in [0.15, 0.2) is 0 Å². The highest BCUT2D eigenvalue weighted by atomic mass is 14.8. The first-order valence-corrected chi connectivity index (χ1v) is 5.53. The Kier molecular flexibility index (Phi) is 1.46. The highest BCUT2D eigenvalue weighted by molar-refractivity contribution is 5.44. The fourth-order valence-corrected chi connectivity index (χ4v) is 2.30. The van der Waals surface area contributed by atoms with Crippen LogP contribution in [-0.4, -0.2) is 0 Å². The van der Waals surface area contributed by atoms with E-state index in [0.717, 1.165) is 0 Å². The topological polar surface area (TPSA) is 26.0 Å². The van der Waals surface area contributed by atoms with E-state index in [9.17, 15) is 0 Å². The summed E-state index contributed by atoms with van der Waals surface area (Å²) in [7, 11) is 0. The molecule has 3 rings (SSSR count). The molecule has 1 aromatic carbocycles. The molecule has 0 aliphatic heterocycles. The second kappa shape index (κ2) is 2.40. The van der Waals surface area contributed by atoms with Crippen molar-refractivity contribution in [2.75, 3.05) is 0 Å². The van der Waals surface area contributed by atoms with Gasteiger partial charge in [-0.1, -0.05) is 31.2 Å². The van der Waals surface area contributed by atoms with Crippen LogP contribution in [0.1, 0.15) is 43.7 Å². The van der Waals surface area contributed by atoms with Crippen LogP contribution in [0.15, 0.2) is 24.3 Å². The minimum atomic E-state index is 0.0300. The molecule has 1 aromatic rings. The Morgan fingerprint density at radius 2 is 1.57 bits per heavy atom. The molecule has 2 aliphatic rings. The van der Waals surface area contributed by atoms with Gasteiger partial charge in [-0.15, -0.1) is 0 Å². The van der Waals surface area contributed by atoms with Crippen LogP contribution in [0.2, 0.25) is 0 Å². The highest BCUT2D eigenvalue weighted by Crippen LogP contribution is 2.53. The Hall–Kier alpha value is -0.820. The van der Waals surface area contributed by atoms with Crippen molar-refractivity contribution < 1.29 is 0 Å². The summed E-state index contributed by atoms with van der Waals surface area (Å²) >= 11 is 0. The molecule has 0 aromatic heterocycles. The summed E-state index contributed by atoms with van der Waals surface area (Å²) in [6.07, 6.45) is 5.00. The summed E-state index contributed by atoms with van der Waals surface area (Å²) in [5.74, 6) is 0. The Morgan fingerprint density at radius 3 is 2.07 bits per heavy atom. The molecule has 14 heavy (non-hydrogen) atoms. The lowest BCUT2D eigenvalue weighted by atomic mass is 9.89. The van der Waals surface area contributed by atoms with E-state index >= 15 is 0 Å². The minimum Gasteiger partial charge on any atom is -0.321 e. The molecule has 2 saturated carbocycles. The number of hydrogen-bond donors (Lipinski definition) is 1. The maximum atomic E-state index is 6.29. The van der Waals surface area contributed by atoms with Crippen molar-refractivity contribution in [3.8, 4) is 0 Å². The molecule has 0 spiro atoms. The van der Waals surface area contributed by atoms with Crippen molar-refractivity contribution in [3.05, 3.63) is 35.4 Å². The smallest absolute Gasteiger partial charge is 0.0414 e. The van der Waals surface area contributed by atoms with Crippen LogP contribution in [0.25, 0.3) is 0 Å². The van der Waals surface area contributed by atoms with Gasteiger partial charge < -0.3 is 5.73 Å². The van der Waals surface area contributed by atoms with Crippen LogP contribution in [0, 0.1) is 0 Å². The SMILES string of the molecule is CC1(c2ccccc2C2(N)CC2)CC1. The fraction of sp³-hybridized carbons (Fsp3) is 0.538.